The molecule has 1 aromatic carbocycles. The molecule has 172 valence electrons. The van der Waals surface area contributed by atoms with Crippen LogP contribution >= 0.6 is 11.3 Å². The first-order chi connectivity index (χ1) is 15.1. The fourth-order valence-electron chi connectivity index (χ4n) is 3.57. The summed E-state index contributed by atoms with van der Waals surface area (Å²) in [4.78, 5) is 39.6. The number of thiazole rings is 1. The van der Waals surface area contributed by atoms with E-state index in [0.29, 0.717) is 35.1 Å². The lowest BCUT2D eigenvalue weighted by Crippen LogP contribution is -2.53. The maximum absolute atomic E-state index is 14.0. The molecule has 0 N–H and O–H groups in total. The Labute approximate surface area is 190 Å². The molecule has 0 bridgehead atoms. The number of piperidine rings is 1. The highest BCUT2D eigenvalue weighted by Gasteiger charge is 2.36. The van der Waals surface area contributed by atoms with Crippen LogP contribution in [-0.4, -0.2) is 60.8 Å². The van der Waals surface area contributed by atoms with Crippen LogP contribution in [0.15, 0.2) is 29.4 Å². The summed E-state index contributed by atoms with van der Waals surface area (Å²) in [6, 6.07) is 2.89. The fraction of sp³-hybridized carbons (Fsp3) is 0.455. The number of hydrogen-bond acceptors (Lipinski definition) is 5. The van der Waals surface area contributed by atoms with Crippen molar-refractivity contribution in [3.05, 3.63) is 40.9 Å². The Hall–Kier alpha value is -2.88. The van der Waals surface area contributed by atoms with E-state index < -0.39 is 17.7 Å². The van der Waals surface area contributed by atoms with Crippen molar-refractivity contribution in [1.82, 2.24) is 9.88 Å². The Bertz CT molecular complexity index is 1040. The molecule has 2 aromatic rings. The van der Waals surface area contributed by atoms with E-state index in [-0.39, 0.29) is 23.5 Å². The lowest BCUT2D eigenvalue weighted by atomic mass is 9.98. The Kier molecular flexibility index (Phi) is 7.22. The van der Waals surface area contributed by atoms with Crippen molar-refractivity contribution in [3.63, 3.8) is 0 Å². The number of rotatable bonds is 5. The summed E-state index contributed by atoms with van der Waals surface area (Å²) in [7, 11) is 5.13. The summed E-state index contributed by atoms with van der Waals surface area (Å²) in [5.74, 6) is -1.73. The number of anilines is 2. The summed E-state index contributed by atoms with van der Waals surface area (Å²) in [5, 5.41) is 0.554. The van der Waals surface area contributed by atoms with E-state index in [1.807, 2.05) is 13.8 Å². The zero-order valence-corrected chi connectivity index (χ0v) is 19.6. The number of hydrogen-bond donors (Lipinski definition) is 0. The van der Waals surface area contributed by atoms with Gasteiger partial charge >= 0.3 is 0 Å². The van der Waals surface area contributed by atoms with E-state index in [2.05, 4.69) is 4.98 Å². The fourth-order valence-corrected chi connectivity index (χ4v) is 4.48. The summed E-state index contributed by atoms with van der Waals surface area (Å²) >= 11 is 1.23. The SMILES string of the molecule is CC(C)N=C([C@@H]1CCCC(=O)N1c1ccc(F)c(F)c1)N(C)c1ncc(C(=O)N(C)C)s1. The second-order valence-corrected chi connectivity index (χ2v) is 9.13. The van der Waals surface area contributed by atoms with Crippen LogP contribution in [0, 0.1) is 11.6 Å². The lowest BCUT2D eigenvalue weighted by Gasteiger charge is -2.38. The van der Waals surface area contributed by atoms with Crippen LogP contribution in [0.3, 0.4) is 0 Å². The third-order valence-electron chi connectivity index (χ3n) is 5.06. The number of likely N-dealkylation sites (N-methyl/N-ethyl adjacent to an activating group) is 1. The molecule has 2 heterocycles. The van der Waals surface area contributed by atoms with Crippen molar-refractivity contribution >= 4 is 39.8 Å². The number of nitrogens with zero attached hydrogens (tertiary/aromatic N) is 5. The van der Waals surface area contributed by atoms with Gasteiger partial charge in [0.25, 0.3) is 5.91 Å². The van der Waals surface area contributed by atoms with E-state index in [4.69, 9.17) is 4.99 Å². The first-order valence-corrected chi connectivity index (χ1v) is 11.2. The molecule has 0 unspecified atom stereocenters. The highest BCUT2D eigenvalue weighted by atomic mass is 32.1. The van der Waals surface area contributed by atoms with E-state index in [9.17, 15) is 18.4 Å². The van der Waals surface area contributed by atoms with Crippen LogP contribution in [-0.2, 0) is 4.79 Å². The monoisotopic (exact) mass is 463 g/mol. The lowest BCUT2D eigenvalue weighted by molar-refractivity contribution is -0.119. The minimum absolute atomic E-state index is 0.0841. The van der Waals surface area contributed by atoms with Gasteiger partial charge in [0.2, 0.25) is 5.91 Å². The van der Waals surface area contributed by atoms with Gasteiger partial charge in [-0.3, -0.25) is 14.6 Å². The second-order valence-electron chi connectivity index (χ2n) is 8.12. The number of benzene rings is 1. The van der Waals surface area contributed by atoms with Crippen LogP contribution in [0.4, 0.5) is 19.6 Å². The molecule has 7 nitrogen and oxygen atoms in total. The zero-order valence-electron chi connectivity index (χ0n) is 18.8. The average molecular weight is 464 g/mol. The quantitative estimate of drug-likeness (QED) is 0.497. The smallest absolute Gasteiger partial charge is 0.265 e. The van der Waals surface area contributed by atoms with Gasteiger partial charge in [-0.05, 0) is 38.8 Å². The van der Waals surface area contributed by atoms with Crippen molar-refractivity contribution < 1.29 is 18.4 Å². The van der Waals surface area contributed by atoms with Gasteiger partial charge in [-0.1, -0.05) is 11.3 Å². The molecule has 10 heteroatoms. The van der Waals surface area contributed by atoms with E-state index in [0.717, 1.165) is 12.1 Å². The van der Waals surface area contributed by atoms with Gasteiger partial charge in [-0.15, -0.1) is 0 Å². The van der Waals surface area contributed by atoms with Crippen molar-refractivity contribution in [2.75, 3.05) is 30.9 Å². The van der Waals surface area contributed by atoms with Crippen molar-refractivity contribution in [2.45, 2.75) is 45.2 Å². The third-order valence-corrected chi connectivity index (χ3v) is 6.12. The van der Waals surface area contributed by atoms with Crippen LogP contribution in [0.1, 0.15) is 42.8 Å². The molecule has 3 rings (SSSR count). The maximum Gasteiger partial charge on any atom is 0.265 e. The summed E-state index contributed by atoms with van der Waals surface area (Å²) in [5.41, 5.74) is 0.283. The number of aromatic nitrogens is 1. The molecule has 1 atom stereocenters. The van der Waals surface area contributed by atoms with E-state index in [1.54, 1.807) is 26.0 Å². The number of amidine groups is 1. The topological polar surface area (TPSA) is 69.1 Å². The minimum Gasteiger partial charge on any atom is -0.344 e. The zero-order chi connectivity index (χ0) is 23.6. The largest absolute Gasteiger partial charge is 0.344 e. The van der Waals surface area contributed by atoms with Crippen LogP contribution < -0.4 is 9.80 Å². The molecule has 0 aliphatic carbocycles. The van der Waals surface area contributed by atoms with Crippen LogP contribution in [0.2, 0.25) is 0 Å². The molecular formula is C22H27F2N5O2S. The highest BCUT2D eigenvalue weighted by Crippen LogP contribution is 2.31. The molecule has 1 aliphatic heterocycles. The van der Waals surface area contributed by atoms with Gasteiger partial charge in [0, 0.05) is 45.4 Å². The summed E-state index contributed by atoms with van der Waals surface area (Å²) < 4.78 is 27.5. The number of aliphatic imine (C=N–C) groups is 1. The summed E-state index contributed by atoms with van der Waals surface area (Å²) in [6.45, 7) is 3.84. The van der Waals surface area contributed by atoms with Crippen molar-refractivity contribution in [1.29, 1.82) is 0 Å². The minimum atomic E-state index is -1.01. The van der Waals surface area contributed by atoms with Gasteiger partial charge in [-0.25, -0.2) is 13.8 Å². The van der Waals surface area contributed by atoms with Gasteiger partial charge < -0.3 is 14.7 Å². The highest BCUT2D eigenvalue weighted by molar-refractivity contribution is 7.17. The molecule has 2 amide bonds. The predicted octanol–water partition coefficient (Wildman–Crippen LogP) is 3.95. The molecule has 1 aromatic heterocycles. The molecule has 1 fully saturated rings. The van der Waals surface area contributed by atoms with Crippen molar-refractivity contribution in [3.8, 4) is 0 Å². The Morgan fingerprint density at radius 2 is 1.97 bits per heavy atom. The second kappa shape index (κ2) is 9.72. The van der Waals surface area contributed by atoms with Gasteiger partial charge in [-0.2, -0.15) is 0 Å². The standard InChI is InChI=1S/C22H27F2N5O2S/c1-13(2)26-20(28(5)22-25-12-18(32-22)21(31)27(3)4)17-7-6-8-19(30)29(17)14-9-10-15(23)16(24)11-14/h9-13,17H,6-8H2,1-5H3/t17-/m0/s1. The van der Waals surface area contributed by atoms with E-state index in [1.165, 1.54) is 33.4 Å². The predicted molar refractivity (Wildman–Crippen MR) is 123 cm³/mol. The Balaban J connectivity index is 2.02. The number of amides is 2. The molecular weight excluding hydrogens is 436 g/mol. The molecule has 1 saturated heterocycles. The molecule has 0 saturated carbocycles. The average Bonchev–Trinajstić information content (AvgIpc) is 3.23. The number of carbonyl (C=O) groups excluding carboxylic acids is 2. The summed E-state index contributed by atoms with van der Waals surface area (Å²) in [6.07, 6.45) is 3.09. The molecule has 0 spiro atoms. The van der Waals surface area contributed by atoms with Gasteiger partial charge in [0.1, 0.15) is 10.7 Å². The Morgan fingerprint density at radius 1 is 1.25 bits per heavy atom. The van der Waals surface area contributed by atoms with Crippen LogP contribution in [0.25, 0.3) is 0 Å². The first-order valence-electron chi connectivity index (χ1n) is 10.4. The maximum atomic E-state index is 14.0. The van der Waals surface area contributed by atoms with Crippen molar-refractivity contribution in [2.24, 2.45) is 4.99 Å². The van der Waals surface area contributed by atoms with Crippen LogP contribution in [0.5, 0.6) is 0 Å². The van der Waals surface area contributed by atoms with Gasteiger partial charge in [0.15, 0.2) is 16.8 Å². The number of halogens is 2. The van der Waals surface area contributed by atoms with Gasteiger partial charge in [0.05, 0.1) is 12.2 Å². The molecule has 0 radical (unpaired) electrons. The van der Waals surface area contributed by atoms with E-state index >= 15 is 0 Å². The molecule has 1 aliphatic rings. The Morgan fingerprint density at radius 3 is 2.59 bits per heavy atom. The number of carbonyl (C=O) groups is 2. The first kappa shape index (κ1) is 23.8. The normalized spacial score (nSPS) is 17.1. The third kappa shape index (κ3) is 4.95. The molecule has 32 heavy (non-hydrogen) atoms.